The Morgan fingerprint density at radius 3 is 2.45 bits per heavy atom. The first-order valence-corrected chi connectivity index (χ1v) is 11.6. The lowest BCUT2D eigenvalue weighted by Gasteiger charge is -2.10. The van der Waals surface area contributed by atoms with E-state index in [4.69, 9.17) is 0 Å². The molecule has 8 nitrogen and oxygen atoms in total. The smallest absolute Gasteiger partial charge is 0.255 e. The summed E-state index contributed by atoms with van der Waals surface area (Å²) in [7, 11) is -3.68. The van der Waals surface area contributed by atoms with Crippen LogP contribution in [0.25, 0.3) is 11.9 Å². The molecule has 1 amide bonds. The maximum absolute atomic E-state index is 12.6. The molecular weight excluding hydrogens is 438 g/mol. The van der Waals surface area contributed by atoms with Gasteiger partial charge >= 0.3 is 0 Å². The van der Waals surface area contributed by atoms with E-state index in [9.17, 15) is 13.2 Å². The number of rotatable bonds is 8. The number of carbonyl (C=O) groups is 1. The Morgan fingerprint density at radius 2 is 1.73 bits per heavy atom. The maximum atomic E-state index is 12.6. The molecule has 0 aliphatic heterocycles. The fourth-order valence-electron chi connectivity index (χ4n) is 3.07. The standard InChI is InChI=1S/C24H21N5O3S/c30-24(26-18-21-8-4-14-25-23(21)29-16-5-15-27-29)20-9-11-22(12-10-20)28-33(31,32)17-13-19-6-2-1-3-7-19/h1-17,28H,18H2,(H,26,30)/b17-13+. The molecule has 2 heterocycles. The van der Waals surface area contributed by atoms with Gasteiger partial charge in [0, 0.05) is 41.9 Å². The van der Waals surface area contributed by atoms with Crippen LogP contribution in [0.2, 0.25) is 0 Å². The lowest BCUT2D eigenvalue weighted by Crippen LogP contribution is -2.23. The third-order valence-electron chi connectivity index (χ3n) is 4.67. The average Bonchev–Trinajstić information content (AvgIpc) is 3.37. The van der Waals surface area contributed by atoms with E-state index in [0.29, 0.717) is 17.1 Å². The number of anilines is 1. The topological polar surface area (TPSA) is 106 Å². The molecule has 2 aromatic carbocycles. The van der Waals surface area contributed by atoms with Gasteiger partial charge in [-0.2, -0.15) is 5.10 Å². The molecule has 0 saturated carbocycles. The lowest BCUT2D eigenvalue weighted by atomic mass is 10.2. The molecule has 0 bridgehead atoms. The van der Waals surface area contributed by atoms with Gasteiger partial charge in [-0.05, 0) is 48.0 Å². The Morgan fingerprint density at radius 1 is 0.939 bits per heavy atom. The predicted molar refractivity (Wildman–Crippen MR) is 127 cm³/mol. The van der Waals surface area contributed by atoms with Crippen LogP contribution < -0.4 is 10.0 Å². The van der Waals surface area contributed by atoms with Crippen molar-refractivity contribution in [3.63, 3.8) is 0 Å². The minimum absolute atomic E-state index is 0.264. The zero-order chi connectivity index (χ0) is 23.1. The monoisotopic (exact) mass is 459 g/mol. The van der Waals surface area contributed by atoms with Gasteiger partial charge in [-0.1, -0.05) is 36.4 Å². The summed E-state index contributed by atoms with van der Waals surface area (Å²) in [5, 5.41) is 8.14. The lowest BCUT2D eigenvalue weighted by molar-refractivity contribution is 0.0951. The third kappa shape index (κ3) is 5.92. The Bertz CT molecular complexity index is 1350. The van der Waals surface area contributed by atoms with Gasteiger partial charge in [0.2, 0.25) is 0 Å². The molecule has 4 aromatic rings. The highest BCUT2D eigenvalue weighted by Crippen LogP contribution is 2.14. The van der Waals surface area contributed by atoms with Crippen molar-refractivity contribution in [3.05, 3.63) is 113 Å². The zero-order valence-corrected chi connectivity index (χ0v) is 18.3. The highest BCUT2D eigenvalue weighted by atomic mass is 32.2. The number of nitrogens with zero attached hydrogens (tertiary/aromatic N) is 3. The van der Waals surface area contributed by atoms with Gasteiger partial charge in [0.15, 0.2) is 5.82 Å². The minimum Gasteiger partial charge on any atom is -0.348 e. The first-order valence-electron chi connectivity index (χ1n) is 10.1. The third-order valence-corrected chi connectivity index (χ3v) is 5.69. The van der Waals surface area contributed by atoms with Crippen LogP contribution in [0.15, 0.2) is 96.8 Å². The Hall–Kier alpha value is -4.24. The summed E-state index contributed by atoms with van der Waals surface area (Å²) in [6.45, 7) is 0.264. The molecule has 9 heteroatoms. The second-order valence-electron chi connectivity index (χ2n) is 7.06. The number of pyridine rings is 1. The molecule has 2 N–H and O–H groups in total. The van der Waals surface area contributed by atoms with E-state index in [1.165, 1.54) is 6.08 Å². The number of sulfonamides is 1. The fourth-order valence-corrected chi connectivity index (χ4v) is 3.94. The Labute approximate surface area is 191 Å². The van der Waals surface area contributed by atoms with Crippen molar-refractivity contribution in [2.75, 3.05) is 4.72 Å². The molecule has 0 unspecified atom stereocenters. The van der Waals surface area contributed by atoms with Crippen LogP contribution in [-0.2, 0) is 16.6 Å². The van der Waals surface area contributed by atoms with Crippen molar-refractivity contribution >= 4 is 27.7 Å². The van der Waals surface area contributed by atoms with Crippen LogP contribution in [0.4, 0.5) is 5.69 Å². The summed E-state index contributed by atoms with van der Waals surface area (Å²) in [6, 6.07) is 20.8. The van der Waals surface area contributed by atoms with Gasteiger partial charge in [0.25, 0.3) is 15.9 Å². The van der Waals surface area contributed by atoms with Crippen LogP contribution in [0, 0.1) is 0 Å². The van der Waals surface area contributed by atoms with Crippen molar-refractivity contribution in [1.29, 1.82) is 0 Å². The van der Waals surface area contributed by atoms with Crippen LogP contribution in [0.5, 0.6) is 0 Å². The highest BCUT2D eigenvalue weighted by Gasteiger charge is 2.11. The van der Waals surface area contributed by atoms with E-state index in [-0.39, 0.29) is 12.5 Å². The first-order chi connectivity index (χ1) is 16.0. The van der Waals surface area contributed by atoms with Gasteiger partial charge < -0.3 is 5.32 Å². The van der Waals surface area contributed by atoms with E-state index < -0.39 is 10.0 Å². The molecule has 0 spiro atoms. The van der Waals surface area contributed by atoms with Gasteiger partial charge in [0.05, 0.1) is 5.41 Å². The minimum atomic E-state index is -3.68. The van der Waals surface area contributed by atoms with E-state index in [0.717, 1.165) is 16.5 Å². The summed E-state index contributed by atoms with van der Waals surface area (Å²) in [6.07, 6.45) is 6.62. The van der Waals surface area contributed by atoms with Crippen molar-refractivity contribution in [2.45, 2.75) is 6.54 Å². The molecule has 33 heavy (non-hydrogen) atoms. The quantitative estimate of drug-likeness (QED) is 0.419. The van der Waals surface area contributed by atoms with Crippen molar-refractivity contribution in [2.24, 2.45) is 0 Å². The van der Waals surface area contributed by atoms with Gasteiger partial charge in [-0.25, -0.2) is 18.1 Å². The molecule has 166 valence electrons. The summed E-state index contributed by atoms with van der Waals surface area (Å²) in [4.78, 5) is 16.9. The van der Waals surface area contributed by atoms with Gasteiger partial charge in [-0.15, -0.1) is 0 Å². The predicted octanol–water partition coefficient (Wildman–Crippen LogP) is 3.61. The Balaban J connectivity index is 1.38. The van der Waals surface area contributed by atoms with E-state index >= 15 is 0 Å². The van der Waals surface area contributed by atoms with E-state index in [1.54, 1.807) is 59.7 Å². The molecule has 0 aliphatic carbocycles. The van der Waals surface area contributed by atoms with Crippen molar-refractivity contribution in [3.8, 4) is 5.82 Å². The number of benzene rings is 2. The number of hydrogen-bond acceptors (Lipinski definition) is 5. The number of aromatic nitrogens is 3. The fraction of sp³-hybridized carbons (Fsp3) is 0.0417. The van der Waals surface area contributed by atoms with Crippen LogP contribution in [-0.4, -0.2) is 29.1 Å². The average molecular weight is 460 g/mol. The van der Waals surface area contributed by atoms with Gasteiger partial charge in [0.1, 0.15) is 0 Å². The second-order valence-corrected chi connectivity index (χ2v) is 8.62. The molecule has 4 rings (SSSR count). The van der Waals surface area contributed by atoms with E-state index in [1.807, 2.05) is 36.4 Å². The molecule has 0 aliphatic rings. The zero-order valence-electron chi connectivity index (χ0n) is 17.5. The summed E-state index contributed by atoms with van der Waals surface area (Å²) < 4.78 is 28.7. The molecule has 0 saturated heterocycles. The van der Waals surface area contributed by atoms with Crippen molar-refractivity contribution in [1.82, 2.24) is 20.1 Å². The van der Waals surface area contributed by atoms with E-state index in [2.05, 4.69) is 20.1 Å². The normalized spacial score (nSPS) is 11.4. The molecule has 2 aromatic heterocycles. The number of hydrogen-bond donors (Lipinski definition) is 2. The highest BCUT2D eigenvalue weighted by molar-refractivity contribution is 7.95. The van der Waals surface area contributed by atoms with Crippen LogP contribution in [0.3, 0.4) is 0 Å². The Kier molecular flexibility index (Phi) is 6.61. The molecule has 0 radical (unpaired) electrons. The number of nitrogens with one attached hydrogen (secondary N) is 2. The number of amides is 1. The summed E-state index contributed by atoms with van der Waals surface area (Å²) in [5.74, 6) is 0.347. The maximum Gasteiger partial charge on any atom is 0.255 e. The summed E-state index contributed by atoms with van der Waals surface area (Å²) in [5.41, 5.74) is 2.35. The van der Waals surface area contributed by atoms with Crippen molar-refractivity contribution < 1.29 is 13.2 Å². The summed E-state index contributed by atoms with van der Waals surface area (Å²) >= 11 is 0. The van der Waals surface area contributed by atoms with Gasteiger partial charge in [-0.3, -0.25) is 9.52 Å². The first kappa shape index (κ1) is 22.0. The second kappa shape index (κ2) is 9.92. The SMILES string of the molecule is O=C(NCc1cccnc1-n1cccn1)c1ccc(NS(=O)(=O)/C=C/c2ccccc2)cc1. The van der Waals surface area contributed by atoms with Crippen LogP contribution >= 0.6 is 0 Å². The van der Waals surface area contributed by atoms with Crippen LogP contribution in [0.1, 0.15) is 21.5 Å². The molecular formula is C24H21N5O3S. The molecule has 0 atom stereocenters. The number of carbonyl (C=O) groups excluding carboxylic acids is 1. The molecule has 0 fully saturated rings. The largest absolute Gasteiger partial charge is 0.348 e.